The van der Waals surface area contributed by atoms with E-state index in [4.69, 9.17) is 17.2 Å². The molecule has 0 bridgehead atoms. The highest BCUT2D eigenvalue weighted by Crippen LogP contribution is 2.32. The number of aryl methyl sites for hydroxylation is 1. The van der Waals surface area contributed by atoms with Gasteiger partial charge in [0.15, 0.2) is 5.96 Å². The van der Waals surface area contributed by atoms with E-state index in [1.54, 1.807) is 12.1 Å². The summed E-state index contributed by atoms with van der Waals surface area (Å²) >= 11 is 0. The molecule has 0 saturated carbocycles. The van der Waals surface area contributed by atoms with Crippen molar-refractivity contribution < 1.29 is 16.8 Å². The molecular weight excluding hydrogens is 416 g/mol. The number of sulfonamides is 1. The molecule has 0 aliphatic heterocycles. The Labute approximate surface area is 169 Å². The average Bonchev–Trinajstić information content (AvgIpc) is 2.60. The van der Waals surface area contributed by atoms with E-state index in [-0.39, 0.29) is 26.3 Å². The summed E-state index contributed by atoms with van der Waals surface area (Å²) in [5, 5.41) is 0. The number of nitrogens with two attached hydrogens (primary N) is 3. The van der Waals surface area contributed by atoms with E-state index in [1.165, 1.54) is 32.3 Å². The Kier molecular flexibility index (Phi) is 6.30. The summed E-state index contributed by atoms with van der Waals surface area (Å²) in [7, 11) is -5.17. The second-order valence-electron chi connectivity index (χ2n) is 6.24. The van der Waals surface area contributed by atoms with Gasteiger partial charge < -0.3 is 17.2 Å². The molecule has 0 saturated heterocycles. The first-order valence-electron chi connectivity index (χ1n) is 8.18. The lowest BCUT2D eigenvalue weighted by atomic mass is 10.2. The normalized spacial score (nSPS) is 12.8. The van der Waals surface area contributed by atoms with Crippen LogP contribution in [0.15, 0.2) is 67.1 Å². The molecule has 0 aromatic heterocycles. The van der Waals surface area contributed by atoms with Crippen molar-refractivity contribution in [1.82, 2.24) is 4.31 Å². The van der Waals surface area contributed by atoms with Crippen molar-refractivity contribution in [3.63, 3.8) is 0 Å². The first-order valence-corrected chi connectivity index (χ1v) is 11.1. The zero-order valence-corrected chi connectivity index (χ0v) is 17.7. The summed E-state index contributed by atoms with van der Waals surface area (Å²) in [5.74, 6) is -0.809. The molecule has 6 N–H and O–H groups in total. The largest absolute Gasteiger partial charge is 0.370 e. The van der Waals surface area contributed by atoms with E-state index in [9.17, 15) is 16.8 Å². The summed E-state index contributed by atoms with van der Waals surface area (Å²) in [6, 6.07) is 9.64. The number of rotatable bonds is 5. The second-order valence-corrected chi connectivity index (χ2v) is 10.3. The quantitative estimate of drug-likeness (QED) is 0.444. The van der Waals surface area contributed by atoms with Gasteiger partial charge in [0.2, 0.25) is 25.8 Å². The molecule has 0 radical (unpaired) electrons. The molecule has 0 aliphatic rings. The predicted octanol–water partition coefficient (Wildman–Crippen LogP) is 0.298. The Morgan fingerprint density at radius 2 is 1.45 bits per heavy atom. The molecule has 0 atom stereocenters. The van der Waals surface area contributed by atoms with Crippen molar-refractivity contribution in [2.75, 3.05) is 14.1 Å². The Balaban J connectivity index is 2.78. The summed E-state index contributed by atoms with van der Waals surface area (Å²) in [6.45, 7) is 1.82. The highest BCUT2D eigenvalue weighted by molar-refractivity contribution is 7.91. The van der Waals surface area contributed by atoms with E-state index in [0.29, 0.717) is 0 Å². The Morgan fingerprint density at radius 3 is 1.97 bits per heavy atom. The van der Waals surface area contributed by atoms with Crippen LogP contribution < -0.4 is 17.2 Å². The summed E-state index contributed by atoms with van der Waals surface area (Å²) in [6.07, 6.45) is 0. The van der Waals surface area contributed by atoms with Crippen LogP contribution in [0.3, 0.4) is 0 Å². The summed E-state index contributed by atoms with van der Waals surface area (Å²) < 4.78 is 52.1. The van der Waals surface area contributed by atoms with Crippen molar-refractivity contribution in [2.45, 2.75) is 21.6 Å². The Morgan fingerprint density at radius 1 is 0.897 bits per heavy atom. The zero-order chi connectivity index (χ0) is 22.0. The van der Waals surface area contributed by atoms with Gasteiger partial charge in [0.1, 0.15) is 0 Å². The van der Waals surface area contributed by atoms with Crippen LogP contribution >= 0.6 is 0 Å². The van der Waals surface area contributed by atoms with E-state index in [1.807, 2.05) is 6.92 Å². The highest BCUT2D eigenvalue weighted by Gasteiger charge is 2.25. The summed E-state index contributed by atoms with van der Waals surface area (Å²) in [5.41, 5.74) is 16.8. The molecule has 2 aromatic rings. The van der Waals surface area contributed by atoms with E-state index in [2.05, 4.69) is 9.98 Å². The molecule has 0 unspecified atom stereocenters. The third kappa shape index (κ3) is 4.91. The van der Waals surface area contributed by atoms with Gasteiger partial charge in [-0.2, -0.15) is 4.99 Å². The van der Waals surface area contributed by atoms with Gasteiger partial charge >= 0.3 is 0 Å². The van der Waals surface area contributed by atoms with Gasteiger partial charge in [-0.05, 0) is 37.3 Å². The van der Waals surface area contributed by atoms with Gasteiger partial charge in [0.25, 0.3) is 0 Å². The zero-order valence-electron chi connectivity index (χ0n) is 16.1. The van der Waals surface area contributed by atoms with Gasteiger partial charge in [0.05, 0.1) is 20.4 Å². The highest BCUT2D eigenvalue weighted by atomic mass is 32.2. The van der Waals surface area contributed by atoms with Crippen LogP contribution in [0.4, 0.5) is 5.69 Å². The maximum atomic E-state index is 13.1. The number of hydrogen-bond donors (Lipinski definition) is 3. The number of nitrogens with zero attached hydrogens (tertiary/aromatic N) is 3. The smallest absolute Gasteiger partial charge is 0.242 e. The van der Waals surface area contributed by atoms with Crippen molar-refractivity contribution in [1.29, 1.82) is 0 Å². The number of hydrogen-bond acceptors (Lipinski definition) is 5. The van der Waals surface area contributed by atoms with Crippen LogP contribution in [0.1, 0.15) is 5.56 Å². The van der Waals surface area contributed by atoms with E-state index >= 15 is 0 Å². The SMILES string of the molecule is Cc1ccc(S(=O)(=O)c2ccc(S(=O)(=O)N(C)C)cc2N=C(N)N=C(N)N)cc1. The van der Waals surface area contributed by atoms with Gasteiger partial charge in [-0.1, -0.05) is 17.7 Å². The fraction of sp³-hybridized carbons (Fsp3) is 0.176. The van der Waals surface area contributed by atoms with Crippen molar-refractivity contribution >= 4 is 37.5 Å². The van der Waals surface area contributed by atoms with Crippen molar-refractivity contribution in [3.05, 3.63) is 48.0 Å². The second kappa shape index (κ2) is 8.19. The molecule has 0 amide bonds. The van der Waals surface area contributed by atoms with Crippen molar-refractivity contribution in [3.8, 4) is 0 Å². The first-order chi connectivity index (χ1) is 13.4. The number of aliphatic imine (C=N–C) groups is 2. The molecule has 0 spiro atoms. The molecule has 0 heterocycles. The molecule has 12 heteroatoms. The number of benzene rings is 2. The Bertz CT molecular complexity index is 1180. The molecule has 156 valence electrons. The number of guanidine groups is 2. The summed E-state index contributed by atoms with van der Waals surface area (Å²) in [4.78, 5) is 7.09. The van der Waals surface area contributed by atoms with Crippen LogP contribution in [-0.2, 0) is 19.9 Å². The lowest BCUT2D eigenvalue weighted by molar-refractivity contribution is 0.520. The molecule has 10 nitrogen and oxygen atoms in total. The molecule has 2 rings (SSSR count). The Hall–Kier alpha value is -2.96. The average molecular weight is 439 g/mol. The molecular formula is C17H22N6O4S2. The van der Waals surface area contributed by atoms with Gasteiger partial charge in [-0.3, -0.25) is 0 Å². The lowest BCUT2D eigenvalue weighted by Gasteiger charge is -2.14. The lowest BCUT2D eigenvalue weighted by Crippen LogP contribution is -2.26. The van der Waals surface area contributed by atoms with Crippen LogP contribution in [0, 0.1) is 6.92 Å². The van der Waals surface area contributed by atoms with E-state index in [0.717, 1.165) is 22.0 Å². The molecule has 0 fully saturated rings. The minimum atomic E-state index is -4.03. The third-order valence-corrected chi connectivity index (χ3v) is 7.44. The van der Waals surface area contributed by atoms with Crippen molar-refractivity contribution in [2.24, 2.45) is 27.2 Å². The molecule has 29 heavy (non-hydrogen) atoms. The van der Waals surface area contributed by atoms with Gasteiger partial charge in [-0.15, -0.1) is 0 Å². The maximum absolute atomic E-state index is 13.1. The van der Waals surface area contributed by atoms with Crippen LogP contribution in [-0.4, -0.2) is 47.2 Å². The van der Waals surface area contributed by atoms with Crippen LogP contribution in [0.25, 0.3) is 0 Å². The number of sulfone groups is 1. The minimum absolute atomic E-state index is 0.0168. The molecule has 0 aliphatic carbocycles. The maximum Gasteiger partial charge on any atom is 0.242 e. The predicted molar refractivity (Wildman–Crippen MR) is 111 cm³/mol. The standard InChI is InChI=1S/C17H22N6O4S2/c1-11-4-6-12(7-5-11)28(24,25)15-9-8-13(29(26,27)23(2)3)10-14(15)21-17(20)22-16(18)19/h4-10H,1-3H3,(H6,18,19,20,21,22). The fourth-order valence-corrected chi connectivity index (χ4v) is 4.61. The fourth-order valence-electron chi connectivity index (χ4n) is 2.31. The van der Waals surface area contributed by atoms with Crippen LogP contribution in [0.2, 0.25) is 0 Å². The molecule has 2 aromatic carbocycles. The third-order valence-electron chi connectivity index (χ3n) is 3.81. The minimum Gasteiger partial charge on any atom is -0.370 e. The van der Waals surface area contributed by atoms with E-state index < -0.39 is 25.8 Å². The monoisotopic (exact) mass is 438 g/mol. The van der Waals surface area contributed by atoms with Gasteiger partial charge in [0, 0.05) is 14.1 Å². The van der Waals surface area contributed by atoms with Gasteiger partial charge in [-0.25, -0.2) is 26.1 Å². The topological polar surface area (TPSA) is 174 Å². The first kappa shape index (κ1) is 22.3. The van der Waals surface area contributed by atoms with Crippen LogP contribution in [0.5, 0.6) is 0 Å².